The van der Waals surface area contributed by atoms with Crippen molar-refractivity contribution in [1.29, 1.82) is 0 Å². The smallest absolute Gasteiger partial charge is 0.295 e. The minimum absolute atomic E-state index is 0.0683. The zero-order chi connectivity index (χ0) is 30.4. The fraction of sp³-hybridized carbons (Fsp3) is 0.531. The number of hydrogen-bond acceptors (Lipinski definition) is 5. The molecule has 0 unspecified atom stereocenters. The second-order valence-corrected chi connectivity index (χ2v) is 14.3. The van der Waals surface area contributed by atoms with Gasteiger partial charge in [0.05, 0.1) is 16.8 Å². The molecule has 0 saturated heterocycles. The standard InChI is InChI=1S/C32H47N3O5S2/c1-3-4-5-6-7-8-9-10-11-12-13-14-15-19-25-41(36,37)35-34-32-26(2)31(27-21-17-16-18-22-27)33-28-23-20-24-29(30(28)32)42(38,39)40/h16-18,20-24,35H,3-15,19,25H2,1-2H3,(H,33,34)(H,38,39,40). The molecule has 0 aliphatic carbocycles. The van der Waals surface area contributed by atoms with E-state index in [-0.39, 0.29) is 21.4 Å². The van der Waals surface area contributed by atoms with E-state index in [0.717, 1.165) is 24.8 Å². The summed E-state index contributed by atoms with van der Waals surface area (Å²) in [6.07, 6.45) is 16.5. The average molecular weight is 618 g/mol. The van der Waals surface area contributed by atoms with Crippen molar-refractivity contribution >= 4 is 31.0 Å². The van der Waals surface area contributed by atoms with Crippen molar-refractivity contribution in [2.45, 2.75) is 109 Å². The Labute approximate surface area is 251 Å². The van der Waals surface area contributed by atoms with E-state index in [1.54, 1.807) is 13.0 Å². The van der Waals surface area contributed by atoms with Crippen LogP contribution in [0, 0.1) is 6.92 Å². The molecule has 1 aromatic heterocycles. The maximum Gasteiger partial charge on any atom is 0.295 e. The summed E-state index contributed by atoms with van der Waals surface area (Å²) in [5.41, 5.74) is 2.44. The van der Waals surface area contributed by atoms with Gasteiger partial charge in [-0.05, 0) is 31.0 Å². The van der Waals surface area contributed by atoms with E-state index in [0.29, 0.717) is 23.2 Å². The van der Waals surface area contributed by atoms with Gasteiger partial charge in [-0.25, -0.2) is 13.2 Å². The zero-order valence-corrected chi connectivity index (χ0v) is 26.7. The first-order chi connectivity index (χ1) is 20.1. The Bertz CT molecular complexity index is 1550. The largest absolute Gasteiger partial charge is 0.354 e. The highest BCUT2D eigenvalue weighted by atomic mass is 32.2. The van der Waals surface area contributed by atoms with Gasteiger partial charge >= 0.3 is 0 Å². The van der Waals surface area contributed by atoms with Crippen molar-refractivity contribution in [2.24, 2.45) is 5.10 Å². The van der Waals surface area contributed by atoms with Crippen LogP contribution in [0.5, 0.6) is 0 Å². The van der Waals surface area contributed by atoms with E-state index in [9.17, 15) is 21.4 Å². The van der Waals surface area contributed by atoms with Crippen LogP contribution in [-0.4, -0.2) is 32.1 Å². The maximum absolute atomic E-state index is 12.8. The first-order valence-corrected chi connectivity index (χ1v) is 18.4. The zero-order valence-electron chi connectivity index (χ0n) is 25.1. The predicted molar refractivity (Wildman–Crippen MR) is 171 cm³/mol. The Morgan fingerprint density at radius 3 is 1.83 bits per heavy atom. The van der Waals surface area contributed by atoms with Crippen LogP contribution in [0.4, 0.5) is 0 Å². The van der Waals surface area contributed by atoms with Crippen molar-refractivity contribution in [3.8, 4) is 11.3 Å². The minimum Gasteiger partial charge on any atom is -0.354 e. The van der Waals surface area contributed by atoms with Gasteiger partial charge in [-0.2, -0.15) is 13.5 Å². The van der Waals surface area contributed by atoms with Crippen molar-refractivity contribution in [1.82, 2.24) is 9.82 Å². The number of unbranched alkanes of at least 4 members (excludes halogenated alkanes) is 13. The molecule has 42 heavy (non-hydrogen) atoms. The van der Waals surface area contributed by atoms with Gasteiger partial charge in [0.25, 0.3) is 10.1 Å². The number of pyridine rings is 1. The molecular formula is C32H47N3O5S2. The lowest BCUT2D eigenvalue weighted by molar-refractivity contribution is 0.484. The first kappa shape index (κ1) is 33.8. The Kier molecular flexibility index (Phi) is 13.5. The van der Waals surface area contributed by atoms with Crippen LogP contribution in [-0.2, 0) is 20.1 Å². The van der Waals surface area contributed by atoms with E-state index in [1.165, 1.54) is 76.3 Å². The summed E-state index contributed by atoms with van der Waals surface area (Å²) in [7, 11) is -8.34. The lowest BCUT2D eigenvalue weighted by Crippen LogP contribution is -2.26. The van der Waals surface area contributed by atoms with Crippen molar-refractivity contribution in [2.75, 3.05) is 5.75 Å². The molecule has 8 nitrogen and oxygen atoms in total. The van der Waals surface area contributed by atoms with Gasteiger partial charge in [-0.1, -0.05) is 127 Å². The molecule has 3 rings (SSSR count). The van der Waals surface area contributed by atoms with Crippen molar-refractivity contribution in [3.63, 3.8) is 0 Å². The number of sulfonamides is 1. The molecule has 0 spiro atoms. The summed E-state index contributed by atoms with van der Waals surface area (Å²) in [5, 5.41) is 4.48. The van der Waals surface area contributed by atoms with Crippen LogP contribution >= 0.6 is 0 Å². The molecule has 232 valence electrons. The van der Waals surface area contributed by atoms with Gasteiger partial charge in [0, 0.05) is 16.5 Å². The quantitative estimate of drug-likeness (QED) is 0.0725. The summed E-state index contributed by atoms with van der Waals surface area (Å²) >= 11 is 0. The van der Waals surface area contributed by atoms with E-state index >= 15 is 0 Å². The van der Waals surface area contributed by atoms with Crippen LogP contribution in [0.25, 0.3) is 22.2 Å². The SMILES string of the molecule is CCCCCCCCCCCCCCCCS(=O)(=O)NN=c1c(C)c(-c2ccccc2)[nH]c2cccc(S(=O)(=O)O)c12. The van der Waals surface area contributed by atoms with Gasteiger partial charge in [0.2, 0.25) is 10.0 Å². The molecule has 0 bridgehead atoms. The number of fused-ring (bicyclic) bond motifs is 1. The molecule has 0 aliphatic heterocycles. The second kappa shape index (κ2) is 16.8. The third-order valence-electron chi connectivity index (χ3n) is 7.66. The molecule has 3 aromatic rings. The van der Waals surface area contributed by atoms with Crippen LogP contribution in [0.1, 0.15) is 102 Å². The monoisotopic (exact) mass is 617 g/mol. The molecule has 10 heteroatoms. The highest BCUT2D eigenvalue weighted by Crippen LogP contribution is 2.25. The molecule has 0 atom stereocenters. The van der Waals surface area contributed by atoms with E-state index in [2.05, 4.69) is 21.8 Å². The molecule has 2 aromatic carbocycles. The Morgan fingerprint density at radius 2 is 1.29 bits per heavy atom. The van der Waals surface area contributed by atoms with E-state index in [4.69, 9.17) is 0 Å². The van der Waals surface area contributed by atoms with Gasteiger partial charge in [0.1, 0.15) is 4.90 Å². The molecule has 0 radical (unpaired) electrons. The average Bonchev–Trinajstić information content (AvgIpc) is 2.96. The predicted octanol–water partition coefficient (Wildman–Crippen LogP) is 7.61. The number of H-pyrrole nitrogens is 1. The van der Waals surface area contributed by atoms with E-state index in [1.807, 2.05) is 30.3 Å². The summed E-state index contributed by atoms with van der Waals surface area (Å²) in [6, 6.07) is 13.9. The number of hydrogen-bond donors (Lipinski definition) is 3. The Morgan fingerprint density at radius 1 is 0.738 bits per heavy atom. The molecule has 0 aliphatic rings. The van der Waals surface area contributed by atoms with Crippen LogP contribution in [0.2, 0.25) is 0 Å². The fourth-order valence-electron chi connectivity index (χ4n) is 5.31. The number of aromatic nitrogens is 1. The van der Waals surface area contributed by atoms with Crippen LogP contribution in [0.3, 0.4) is 0 Å². The minimum atomic E-state index is -4.59. The lowest BCUT2D eigenvalue weighted by Gasteiger charge is -2.13. The molecule has 3 N–H and O–H groups in total. The third-order valence-corrected chi connectivity index (χ3v) is 9.75. The van der Waals surface area contributed by atoms with Crippen molar-refractivity contribution in [3.05, 3.63) is 59.5 Å². The van der Waals surface area contributed by atoms with Gasteiger partial charge in [-0.15, -0.1) is 0 Å². The highest BCUT2D eigenvalue weighted by Gasteiger charge is 2.19. The molecular weight excluding hydrogens is 571 g/mol. The number of aromatic amines is 1. The van der Waals surface area contributed by atoms with Crippen LogP contribution in [0.15, 0.2) is 58.5 Å². The topological polar surface area (TPSA) is 129 Å². The summed E-state index contributed by atoms with van der Waals surface area (Å²) < 4.78 is 59.9. The van der Waals surface area contributed by atoms with Gasteiger partial charge < -0.3 is 4.98 Å². The molecule has 0 saturated carbocycles. The Balaban J connectivity index is 1.60. The second-order valence-electron chi connectivity index (χ2n) is 11.1. The molecule has 0 amide bonds. The number of rotatable bonds is 19. The van der Waals surface area contributed by atoms with E-state index < -0.39 is 20.1 Å². The number of nitrogens with zero attached hydrogens (tertiary/aromatic N) is 1. The number of nitrogens with one attached hydrogen (secondary N) is 2. The van der Waals surface area contributed by atoms with Gasteiger partial charge in [0.15, 0.2) is 0 Å². The molecule has 1 heterocycles. The maximum atomic E-state index is 12.8. The highest BCUT2D eigenvalue weighted by molar-refractivity contribution is 7.89. The summed E-state index contributed by atoms with van der Waals surface area (Å²) in [4.78, 5) is 5.21. The number of benzene rings is 2. The lowest BCUT2D eigenvalue weighted by atomic mass is 10.0. The third kappa shape index (κ3) is 10.5. The summed E-state index contributed by atoms with van der Waals surface area (Å²) in [5.74, 6) is -0.0683. The normalized spacial score (nSPS) is 12.7. The van der Waals surface area contributed by atoms with Crippen molar-refractivity contribution < 1.29 is 21.4 Å². The van der Waals surface area contributed by atoms with Gasteiger partial charge in [-0.3, -0.25) is 4.55 Å². The van der Waals surface area contributed by atoms with Crippen LogP contribution < -0.4 is 10.2 Å². The Hall–Kier alpha value is -2.69. The first-order valence-electron chi connectivity index (χ1n) is 15.4. The summed E-state index contributed by atoms with van der Waals surface area (Å²) in [6.45, 7) is 3.98. The fourth-order valence-corrected chi connectivity index (χ4v) is 6.93. The molecule has 0 fully saturated rings.